The number of carbonyl (C=O) groups is 1. The average molecular weight is 423 g/mol. The van der Waals surface area contributed by atoms with E-state index in [1.165, 1.54) is 11.3 Å². The fourth-order valence-corrected chi connectivity index (χ4v) is 4.16. The number of rotatable bonds is 4. The van der Waals surface area contributed by atoms with Gasteiger partial charge in [0, 0.05) is 36.9 Å². The number of aromatic nitrogens is 2. The molecule has 0 unspecified atom stereocenters. The maximum Gasteiger partial charge on any atom is 0.257 e. The number of carbonyl (C=O) groups excluding carboxylic acids is 1. The summed E-state index contributed by atoms with van der Waals surface area (Å²) in [6.07, 6.45) is 1.71. The van der Waals surface area contributed by atoms with Gasteiger partial charge in [0.25, 0.3) is 5.91 Å². The Morgan fingerprint density at radius 2 is 1.70 bits per heavy atom. The Morgan fingerprint density at radius 1 is 1.00 bits per heavy atom. The normalized spacial score (nSPS) is 14.4. The molecule has 1 saturated heterocycles. The number of anilines is 1. The van der Waals surface area contributed by atoms with Crippen molar-refractivity contribution in [2.75, 3.05) is 31.1 Å². The highest BCUT2D eigenvalue weighted by Crippen LogP contribution is 2.26. The van der Waals surface area contributed by atoms with Crippen molar-refractivity contribution in [3.05, 3.63) is 76.6 Å². The van der Waals surface area contributed by atoms with Crippen LogP contribution >= 0.6 is 11.6 Å². The third-order valence-corrected chi connectivity index (χ3v) is 5.84. The molecule has 0 atom stereocenters. The fourth-order valence-electron chi connectivity index (χ4n) is 4.03. The number of hydrogen-bond donors (Lipinski definition) is 0. The molecule has 0 bridgehead atoms. The molecule has 1 aliphatic rings. The summed E-state index contributed by atoms with van der Waals surface area (Å²) in [5.41, 5.74) is 5.00. The maximum atomic E-state index is 13.4. The molecule has 3 aromatic rings. The first kappa shape index (κ1) is 20.5. The van der Waals surface area contributed by atoms with Gasteiger partial charge in [-0.3, -0.25) is 4.79 Å². The van der Waals surface area contributed by atoms with E-state index < -0.39 is 0 Å². The van der Waals surface area contributed by atoms with Crippen LogP contribution in [0.25, 0.3) is 5.69 Å². The molecule has 0 radical (unpaired) electrons. The minimum atomic E-state index is 0.0582. The van der Waals surface area contributed by atoms with E-state index in [1.54, 1.807) is 6.20 Å². The van der Waals surface area contributed by atoms with Gasteiger partial charge in [-0.2, -0.15) is 5.10 Å². The van der Waals surface area contributed by atoms with Gasteiger partial charge in [-0.25, -0.2) is 4.68 Å². The van der Waals surface area contributed by atoms with Crippen molar-refractivity contribution >= 4 is 23.2 Å². The molecule has 0 saturated carbocycles. The molecule has 156 valence electrons. The molecule has 1 aliphatic heterocycles. The zero-order chi connectivity index (χ0) is 21.3. The van der Waals surface area contributed by atoms with Gasteiger partial charge >= 0.3 is 0 Å². The third kappa shape index (κ3) is 4.08. The number of piperazine rings is 1. The van der Waals surface area contributed by atoms with Gasteiger partial charge in [0.15, 0.2) is 0 Å². The second kappa shape index (κ2) is 8.52. The predicted molar refractivity (Wildman–Crippen MR) is 122 cm³/mol. The molecular weight excluding hydrogens is 396 g/mol. The molecule has 6 heteroatoms. The second-order valence-corrected chi connectivity index (χ2v) is 8.54. The molecule has 0 N–H and O–H groups in total. The van der Waals surface area contributed by atoms with Gasteiger partial charge in [0.2, 0.25) is 0 Å². The monoisotopic (exact) mass is 422 g/mol. The van der Waals surface area contributed by atoms with Crippen LogP contribution in [0.1, 0.15) is 41.4 Å². The lowest BCUT2D eigenvalue weighted by molar-refractivity contribution is 0.0745. The van der Waals surface area contributed by atoms with Crippen LogP contribution in [0.4, 0.5) is 5.69 Å². The Balaban J connectivity index is 1.53. The minimum absolute atomic E-state index is 0.0582. The van der Waals surface area contributed by atoms with E-state index in [0.717, 1.165) is 24.5 Å². The molecule has 2 heterocycles. The number of nitrogens with zero attached hydrogens (tertiary/aromatic N) is 4. The van der Waals surface area contributed by atoms with Crippen LogP contribution < -0.4 is 4.90 Å². The topological polar surface area (TPSA) is 41.4 Å². The van der Waals surface area contributed by atoms with Crippen molar-refractivity contribution in [3.8, 4) is 5.69 Å². The first-order valence-electron chi connectivity index (χ1n) is 10.4. The van der Waals surface area contributed by atoms with Crippen LogP contribution in [-0.2, 0) is 0 Å². The summed E-state index contributed by atoms with van der Waals surface area (Å²) < 4.78 is 1.86. The highest BCUT2D eigenvalue weighted by Gasteiger charge is 2.27. The largest absolute Gasteiger partial charge is 0.368 e. The summed E-state index contributed by atoms with van der Waals surface area (Å²) in [6, 6.07) is 16.1. The van der Waals surface area contributed by atoms with Crippen LogP contribution in [0.2, 0.25) is 5.02 Å². The predicted octanol–water partition coefficient (Wildman–Crippen LogP) is 4.92. The summed E-state index contributed by atoms with van der Waals surface area (Å²) in [6.45, 7) is 9.36. The van der Waals surface area contributed by atoms with Crippen molar-refractivity contribution in [2.45, 2.75) is 26.7 Å². The van der Waals surface area contributed by atoms with Crippen molar-refractivity contribution in [3.63, 3.8) is 0 Å². The standard InChI is InChI=1S/C24H27ClN4O/c1-17(2)23-22(16-26-29(23)20-9-7-19(25)8-10-20)24(30)28-13-11-27(12-14-28)21-6-4-5-18(3)15-21/h4-10,15-17H,11-14H2,1-3H3. The first-order valence-corrected chi connectivity index (χ1v) is 10.8. The number of halogens is 1. The zero-order valence-corrected chi connectivity index (χ0v) is 18.4. The molecule has 0 aliphatic carbocycles. The molecule has 2 aromatic carbocycles. The number of benzene rings is 2. The summed E-state index contributed by atoms with van der Waals surface area (Å²) in [7, 11) is 0. The summed E-state index contributed by atoms with van der Waals surface area (Å²) in [5, 5.41) is 5.22. The van der Waals surface area contributed by atoms with Gasteiger partial charge < -0.3 is 9.80 Å². The first-order chi connectivity index (χ1) is 14.4. The fraction of sp³-hybridized carbons (Fsp3) is 0.333. The summed E-state index contributed by atoms with van der Waals surface area (Å²) in [5.74, 6) is 0.221. The van der Waals surface area contributed by atoms with Crippen molar-refractivity contribution < 1.29 is 4.79 Å². The van der Waals surface area contributed by atoms with E-state index >= 15 is 0 Å². The van der Waals surface area contributed by atoms with Crippen LogP contribution in [0.5, 0.6) is 0 Å². The second-order valence-electron chi connectivity index (χ2n) is 8.10. The number of amides is 1. The smallest absolute Gasteiger partial charge is 0.257 e. The van der Waals surface area contributed by atoms with Gasteiger partial charge in [-0.05, 0) is 54.8 Å². The quantitative estimate of drug-likeness (QED) is 0.599. The van der Waals surface area contributed by atoms with Gasteiger partial charge in [0.1, 0.15) is 0 Å². The SMILES string of the molecule is Cc1cccc(N2CCN(C(=O)c3cnn(-c4ccc(Cl)cc4)c3C(C)C)CC2)c1. The lowest BCUT2D eigenvalue weighted by atomic mass is 10.0. The Bertz CT molecular complexity index is 1030. The molecule has 5 nitrogen and oxygen atoms in total. The third-order valence-electron chi connectivity index (χ3n) is 5.59. The van der Waals surface area contributed by atoms with Crippen LogP contribution in [-0.4, -0.2) is 46.8 Å². The number of aryl methyl sites for hydroxylation is 1. The summed E-state index contributed by atoms with van der Waals surface area (Å²) >= 11 is 6.03. The molecule has 1 amide bonds. The van der Waals surface area contributed by atoms with E-state index in [2.05, 4.69) is 55.0 Å². The van der Waals surface area contributed by atoms with Crippen LogP contribution in [0.3, 0.4) is 0 Å². The van der Waals surface area contributed by atoms with E-state index in [-0.39, 0.29) is 11.8 Å². The van der Waals surface area contributed by atoms with Gasteiger partial charge in [-0.15, -0.1) is 0 Å². The van der Waals surface area contributed by atoms with Crippen molar-refractivity contribution in [1.29, 1.82) is 0 Å². The van der Waals surface area contributed by atoms with E-state index in [9.17, 15) is 4.79 Å². The van der Waals surface area contributed by atoms with Gasteiger partial charge in [0.05, 0.1) is 23.1 Å². The lowest BCUT2D eigenvalue weighted by Crippen LogP contribution is -2.49. The minimum Gasteiger partial charge on any atom is -0.368 e. The Labute approximate surface area is 182 Å². The average Bonchev–Trinajstić information content (AvgIpc) is 3.19. The van der Waals surface area contributed by atoms with Crippen molar-refractivity contribution in [2.24, 2.45) is 0 Å². The Hall–Kier alpha value is -2.79. The molecule has 1 aromatic heterocycles. The highest BCUT2D eigenvalue weighted by atomic mass is 35.5. The van der Waals surface area contributed by atoms with Gasteiger partial charge in [-0.1, -0.05) is 37.6 Å². The maximum absolute atomic E-state index is 13.4. The van der Waals surface area contributed by atoms with E-state index in [0.29, 0.717) is 23.7 Å². The lowest BCUT2D eigenvalue weighted by Gasteiger charge is -2.36. The van der Waals surface area contributed by atoms with Crippen molar-refractivity contribution in [1.82, 2.24) is 14.7 Å². The molecule has 0 spiro atoms. The highest BCUT2D eigenvalue weighted by molar-refractivity contribution is 6.30. The van der Waals surface area contributed by atoms with Crippen LogP contribution in [0.15, 0.2) is 54.7 Å². The Kier molecular flexibility index (Phi) is 5.82. The van der Waals surface area contributed by atoms with Crippen LogP contribution in [0, 0.1) is 6.92 Å². The Morgan fingerprint density at radius 3 is 2.33 bits per heavy atom. The summed E-state index contributed by atoms with van der Waals surface area (Å²) in [4.78, 5) is 17.6. The molecule has 1 fully saturated rings. The zero-order valence-electron chi connectivity index (χ0n) is 17.7. The molecule has 30 heavy (non-hydrogen) atoms. The van der Waals surface area contributed by atoms with E-state index in [4.69, 9.17) is 11.6 Å². The molecular formula is C24H27ClN4O. The van der Waals surface area contributed by atoms with E-state index in [1.807, 2.05) is 33.8 Å². The number of hydrogen-bond acceptors (Lipinski definition) is 3. The molecule has 4 rings (SSSR count).